The lowest BCUT2D eigenvalue weighted by atomic mass is 10.2. The van der Waals surface area contributed by atoms with Gasteiger partial charge >= 0.3 is 0 Å². The second-order valence-corrected chi connectivity index (χ2v) is 3.98. The zero-order chi connectivity index (χ0) is 13.2. The molecule has 94 valence electrons. The van der Waals surface area contributed by atoms with Crippen molar-refractivity contribution in [2.24, 2.45) is 0 Å². The van der Waals surface area contributed by atoms with Gasteiger partial charge in [-0.15, -0.1) is 0 Å². The van der Waals surface area contributed by atoms with Crippen LogP contribution in [0, 0.1) is 0 Å². The van der Waals surface area contributed by atoms with Crippen molar-refractivity contribution < 1.29 is 4.74 Å². The Morgan fingerprint density at radius 1 is 1.16 bits per heavy atom. The van der Waals surface area contributed by atoms with Gasteiger partial charge in [-0.05, 0) is 24.3 Å². The summed E-state index contributed by atoms with van der Waals surface area (Å²) in [6, 6.07) is 8.60. The van der Waals surface area contributed by atoms with Crippen LogP contribution in [0.3, 0.4) is 0 Å². The minimum absolute atomic E-state index is 0.0546. The molecule has 3 aromatic rings. The predicted molar refractivity (Wildman–Crippen MR) is 71.7 cm³/mol. The van der Waals surface area contributed by atoms with Crippen molar-refractivity contribution >= 4 is 10.9 Å². The topological polar surface area (TPSA) is 57.0 Å². The third-order valence-corrected chi connectivity index (χ3v) is 2.87. The predicted octanol–water partition coefficient (Wildman–Crippen LogP) is 1.79. The molecule has 5 heteroatoms. The summed E-state index contributed by atoms with van der Waals surface area (Å²) in [6.07, 6.45) is 5.00. The first-order valence-electron chi connectivity index (χ1n) is 5.76. The van der Waals surface area contributed by atoms with E-state index in [0.29, 0.717) is 17.1 Å². The van der Waals surface area contributed by atoms with Crippen LogP contribution in [0.15, 0.2) is 53.7 Å². The maximum absolute atomic E-state index is 11.9. The Morgan fingerprint density at radius 2 is 1.95 bits per heavy atom. The van der Waals surface area contributed by atoms with Crippen molar-refractivity contribution in [2.75, 3.05) is 7.11 Å². The maximum Gasteiger partial charge on any atom is 0.234 e. The summed E-state index contributed by atoms with van der Waals surface area (Å²) in [5.41, 5.74) is 0.695. The number of benzene rings is 1. The van der Waals surface area contributed by atoms with Crippen LogP contribution >= 0.6 is 0 Å². The summed E-state index contributed by atoms with van der Waals surface area (Å²) in [5.74, 6) is 1.17. The van der Waals surface area contributed by atoms with Gasteiger partial charge in [0.15, 0.2) is 5.43 Å². The fourth-order valence-electron chi connectivity index (χ4n) is 1.95. The van der Waals surface area contributed by atoms with E-state index in [9.17, 15) is 4.79 Å². The highest BCUT2D eigenvalue weighted by molar-refractivity contribution is 5.81. The molecular weight excluding hydrogens is 242 g/mol. The highest BCUT2D eigenvalue weighted by Crippen LogP contribution is 2.19. The van der Waals surface area contributed by atoms with Crippen molar-refractivity contribution in [3.8, 4) is 11.7 Å². The van der Waals surface area contributed by atoms with E-state index >= 15 is 0 Å². The van der Waals surface area contributed by atoms with Crippen molar-refractivity contribution in [1.29, 1.82) is 0 Å². The van der Waals surface area contributed by atoms with E-state index in [1.807, 2.05) is 6.07 Å². The van der Waals surface area contributed by atoms with E-state index in [1.54, 1.807) is 48.5 Å². The quantitative estimate of drug-likeness (QED) is 0.698. The van der Waals surface area contributed by atoms with Crippen LogP contribution < -0.4 is 10.2 Å². The monoisotopic (exact) mass is 253 g/mol. The number of ether oxygens (including phenoxy) is 1. The van der Waals surface area contributed by atoms with Crippen LogP contribution in [-0.4, -0.2) is 21.6 Å². The number of fused-ring (bicyclic) bond motifs is 1. The number of nitrogens with zero attached hydrogens (tertiary/aromatic N) is 3. The molecule has 0 unspecified atom stereocenters. The molecule has 0 amide bonds. The number of methoxy groups -OCH3 is 1. The average Bonchev–Trinajstić information content (AvgIpc) is 2.48. The Labute approximate surface area is 109 Å². The van der Waals surface area contributed by atoms with Gasteiger partial charge in [-0.1, -0.05) is 0 Å². The summed E-state index contributed by atoms with van der Waals surface area (Å²) < 4.78 is 6.92. The van der Waals surface area contributed by atoms with Crippen molar-refractivity contribution in [1.82, 2.24) is 14.5 Å². The lowest BCUT2D eigenvalue weighted by Gasteiger charge is -2.09. The molecule has 19 heavy (non-hydrogen) atoms. The van der Waals surface area contributed by atoms with Gasteiger partial charge in [0.05, 0.1) is 12.6 Å². The molecule has 3 rings (SSSR count). The van der Waals surface area contributed by atoms with Gasteiger partial charge in [-0.25, -0.2) is 9.97 Å². The van der Waals surface area contributed by atoms with Gasteiger partial charge in [0.2, 0.25) is 5.95 Å². The van der Waals surface area contributed by atoms with Gasteiger partial charge in [0.1, 0.15) is 5.75 Å². The molecule has 2 aromatic heterocycles. The summed E-state index contributed by atoms with van der Waals surface area (Å²) in [6.45, 7) is 0. The highest BCUT2D eigenvalue weighted by atomic mass is 16.5. The Bertz CT molecular complexity index is 782. The first-order chi connectivity index (χ1) is 9.29. The van der Waals surface area contributed by atoms with E-state index in [2.05, 4.69) is 9.97 Å². The van der Waals surface area contributed by atoms with E-state index in [4.69, 9.17) is 4.74 Å². The third kappa shape index (κ3) is 1.95. The molecule has 2 heterocycles. The number of pyridine rings is 1. The fourth-order valence-corrected chi connectivity index (χ4v) is 1.95. The van der Waals surface area contributed by atoms with Crippen LogP contribution in [0.1, 0.15) is 0 Å². The summed E-state index contributed by atoms with van der Waals surface area (Å²) in [7, 11) is 1.57. The Kier molecular flexibility index (Phi) is 2.72. The fraction of sp³-hybridized carbons (Fsp3) is 0.0714. The smallest absolute Gasteiger partial charge is 0.234 e. The summed E-state index contributed by atoms with van der Waals surface area (Å²) in [5, 5.41) is 0.578. The lowest BCUT2D eigenvalue weighted by Crippen LogP contribution is -2.08. The molecule has 0 saturated carbocycles. The molecule has 0 spiro atoms. The minimum Gasteiger partial charge on any atom is -0.497 e. The van der Waals surface area contributed by atoms with Gasteiger partial charge in [-0.3, -0.25) is 9.36 Å². The van der Waals surface area contributed by atoms with E-state index in [0.717, 1.165) is 5.52 Å². The molecule has 5 nitrogen and oxygen atoms in total. The van der Waals surface area contributed by atoms with Gasteiger partial charge in [0.25, 0.3) is 0 Å². The zero-order valence-electron chi connectivity index (χ0n) is 10.3. The summed E-state index contributed by atoms with van der Waals surface area (Å²) >= 11 is 0. The number of hydrogen-bond acceptors (Lipinski definition) is 4. The summed E-state index contributed by atoms with van der Waals surface area (Å²) in [4.78, 5) is 20.3. The van der Waals surface area contributed by atoms with Crippen molar-refractivity contribution in [3.05, 3.63) is 59.1 Å². The molecule has 0 N–H and O–H groups in total. The maximum atomic E-state index is 11.9. The SMILES string of the molecule is COc1ccc2c(c1)c(=O)ccn2-c1ncccn1. The number of aromatic nitrogens is 3. The minimum atomic E-state index is -0.0546. The van der Waals surface area contributed by atoms with Crippen molar-refractivity contribution in [2.45, 2.75) is 0 Å². The Morgan fingerprint density at radius 3 is 2.68 bits per heavy atom. The van der Waals surface area contributed by atoms with Crippen LogP contribution in [0.25, 0.3) is 16.9 Å². The second-order valence-electron chi connectivity index (χ2n) is 3.98. The van der Waals surface area contributed by atoms with Crippen LogP contribution in [0.5, 0.6) is 5.75 Å². The molecule has 0 radical (unpaired) electrons. The van der Waals surface area contributed by atoms with E-state index in [-0.39, 0.29) is 5.43 Å². The van der Waals surface area contributed by atoms with Gasteiger partial charge in [0, 0.05) is 30.0 Å². The number of rotatable bonds is 2. The lowest BCUT2D eigenvalue weighted by molar-refractivity contribution is 0.415. The van der Waals surface area contributed by atoms with Crippen LogP contribution in [0.4, 0.5) is 0 Å². The zero-order valence-corrected chi connectivity index (χ0v) is 10.3. The number of hydrogen-bond donors (Lipinski definition) is 0. The highest BCUT2D eigenvalue weighted by Gasteiger charge is 2.07. The Hall–Kier alpha value is -2.69. The van der Waals surface area contributed by atoms with Gasteiger partial charge < -0.3 is 4.74 Å². The standard InChI is InChI=1S/C14H11N3O2/c1-19-10-3-4-12-11(9-10)13(18)5-8-17(12)14-15-6-2-7-16-14/h2-9H,1H3. The largest absolute Gasteiger partial charge is 0.497 e. The van der Waals surface area contributed by atoms with E-state index < -0.39 is 0 Å². The molecule has 0 aliphatic heterocycles. The van der Waals surface area contributed by atoms with Crippen LogP contribution in [0.2, 0.25) is 0 Å². The molecule has 0 bridgehead atoms. The third-order valence-electron chi connectivity index (χ3n) is 2.87. The normalized spacial score (nSPS) is 10.6. The molecule has 1 aromatic carbocycles. The average molecular weight is 253 g/mol. The first-order valence-corrected chi connectivity index (χ1v) is 5.76. The van der Waals surface area contributed by atoms with Crippen LogP contribution in [-0.2, 0) is 0 Å². The van der Waals surface area contributed by atoms with Gasteiger partial charge in [-0.2, -0.15) is 0 Å². The molecule has 0 atom stereocenters. The first kappa shape index (κ1) is 11.4. The molecule has 0 aliphatic rings. The molecular formula is C14H11N3O2. The Balaban J connectivity index is 2.33. The molecule has 0 aliphatic carbocycles. The van der Waals surface area contributed by atoms with E-state index in [1.165, 1.54) is 6.07 Å². The van der Waals surface area contributed by atoms with Crippen molar-refractivity contribution in [3.63, 3.8) is 0 Å². The second kappa shape index (κ2) is 4.53. The molecule has 0 fully saturated rings. The molecule has 0 saturated heterocycles.